The number of rotatable bonds is 5. The molecular weight excluding hydrogens is 350 g/mol. The molecule has 0 aliphatic heterocycles. The van der Waals surface area contributed by atoms with Crippen LogP contribution in [0.5, 0.6) is 0 Å². The molecule has 0 aliphatic carbocycles. The standard InChI is InChI=1S/C23H19N3O2/c1-15-10-12-16(13-11-15)22(27)17-6-2-3-7-18(17)23(28)24-14-21-25-19-8-4-5-9-20(19)26-21/h2-13H,14H2,1H3,(H,24,28)(H,25,26). The predicted molar refractivity (Wildman–Crippen MR) is 108 cm³/mol. The van der Waals surface area contributed by atoms with Gasteiger partial charge in [0.2, 0.25) is 0 Å². The summed E-state index contributed by atoms with van der Waals surface area (Å²) >= 11 is 0. The van der Waals surface area contributed by atoms with Crippen LogP contribution in [-0.4, -0.2) is 21.7 Å². The van der Waals surface area contributed by atoms with Crippen LogP contribution < -0.4 is 5.32 Å². The summed E-state index contributed by atoms with van der Waals surface area (Å²) in [5.41, 5.74) is 4.14. The number of H-pyrrole nitrogens is 1. The van der Waals surface area contributed by atoms with Gasteiger partial charge in [0.15, 0.2) is 5.78 Å². The molecule has 0 fully saturated rings. The largest absolute Gasteiger partial charge is 0.345 e. The van der Waals surface area contributed by atoms with E-state index in [2.05, 4.69) is 15.3 Å². The lowest BCUT2D eigenvalue weighted by Crippen LogP contribution is -2.25. The number of hydrogen-bond acceptors (Lipinski definition) is 3. The second kappa shape index (κ2) is 7.48. The second-order valence-corrected chi connectivity index (χ2v) is 6.62. The quantitative estimate of drug-likeness (QED) is 0.522. The number of fused-ring (bicyclic) bond motifs is 1. The minimum Gasteiger partial charge on any atom is -0.345 e. The van der Waals surface area contributed by atoms with E-state index in [-0.39, 0.29) is 18.2 Å². The minimum atomic E-state index is -0.309. The molecule has 0 spiro atoms. The first-order valence-electron chi connectivity index (χ1n) is 9.04. The summed E-state index contributed by atoms with van der Waals surface area (Å²) in [5, 5.41) is 2.85. The van der Waals surface area contributed by atoms with E-state index in [1.54, 1.807) is 36.4 Å². The van der Waals surface area contributed by atoms with Crippen molar-refractivity contribution in [3.8, 4) is 0 Å². The summed E-state index contributed by atoms with van der Waals surface area (Å²) in [6.45, 7) is 2.22. The van der Waals surface area contributed by atoms with Crippen molar-refractivity contribution in [3.63, 3.8) is 0 Å². The summed E-state index contributed by atoms with van der Waals surface area (Å²) < 4.78 is 0. The molecule has 4 rings (SSSR count). The molecule has 1 heterocycles. The van der Waals surface area contributed by atoms with Crippen LogP contribution in [0.15, 0.2) is 72.8 Å². The molecule has 1 aromatic heterocycles. The van der Waals surface area contributed by atoms with E-state index in [0.717, 1.165) is 16.6 Å². The number of ketones is 1. The number of aromatic amines is 1. The van der Waals surface area contributed by atoms with Gasteiger partial charge in [0, 0.05) is 11.1 Å². The van der Waals surface area contributed by atoms with E-state index in [4.69, 9.17) is 0 Å². The van der Waals surface area contributed by atoms with Gasteiger partial charge in [-0.3, -0.25) is 9.59 Å². The maximum absolute atomic E-state index is 12.9. The van der Waals surface area contributed by atoms with Gasteiger partial charge < -0.3 is 10.3 Å². The second-order valence-electron chi connectivity index (χ2n) is 6.62. The molecule has 0 aliphatic rings. The third kappa shape index (κ3) is 3.55. The van der Waals surface area contributed by atoms with Crippen molar-refractivity contribution >= 4 is 22.7 Å². The van der Waals surface area contributed by atoms with Crippen LogP contribution in [0.4, 0.5) is 0 Å². The average Bonchev–Trinajstić information content (AvgIpc) is 3.15. The van der Waals surface area contributed by atoms with Gasteiger partial charge in [-0.25, -0.2) is 4.98 Å². The molecule has 0 unspecified atom stereocenters. The highest BCUT2D eigenvalue weighted by Gasteiger charge is 2.18. The van der Waals surface area contributed by atoms with E-state index >= 15 is 0 Å². The van der Waals surface area contributed by atoms with Crippen molar-refractivity contribution in [3.05, 3.63) is 101 Å². The van der Waals surface area contributed by atoms with E-state index in [1.807, 2.05) is 43.3 Å². The molecule has 1 amide bonds. The summed E-state index contributed by atoms with van der Waals surface area (Å²) in [4.78, 5) is 33.2. The Bertz CT molecular complexity index is 1130. The number of carbonyl (C=O) groups excluding carboxylic acids is 2. The van der Waals surface area contributed by atoms with Crippen molar-refractivity contribution in [2.75, 3.05) is 0 Å². The molecule has 0 saturated heterocycles. The Morgan fingerprint density at radius 1 is 0.893 bits per heavy atom. The predicted octanol–water partition coefficient (Wildman–Crippen LogP) is 4.03. The molecule has 138 valence electrons. The normalized spacial score (nSPS) is 10.8. The highest BCUT2D eigenvalue weighted by Crippen LogP contribution is 2.16. The zero-order valence-corrected chi connectivity index (χ0v) is 15.4. The summed E-state index contributed by atoms with van der Waals surface area (Å²) in [6.07, 6.45) is 0. The van der Waals surface area contributed by atoms with Crippen molar-refractivity contribution in [2.24, 2.45) is 0 Å². The highest BCUT2D eigenvalue weighted by molar-refractivity contribution is 6.15. The molecule has 5 heteroatoms. The number of nitrogens with zero attached hydrogens (tertiary/aromatic N) is 1. The molecule has 28 heavy (non-hydrogen) atoms. The maximum atomic E-state index is 12.9. The molecular formula is C23H19N3O2. The van der Waals surface area contributed by atoms with Crippen LogP contribution >= 0.6 is 0 Å². The van der Waals surface area contributed by atoms with Crippen LogP contribution in [0.2, 0.25) is 0 Å². The summed E-state index contributed by atoms with van der Waals surface area (Å²) in [6, 6.07) is 21.9. The van der Waals surface area contributed by atoms with Gasteiger partial charge in [-0.15, -0.1) is 0 Å². The van der Waals surface area contributed by atoms with E-state index in [0.29, 0.717) is 22.5 Å². The molecule has 5 nitrogen and oxygen atoms in total. The molecule has 4 aromatic rings. The van der Waals surface area contributed by atoms with Gasteiger partial charge in [0.25, 0.3) is 5.91 Å². The first-order valence-corrected chi connectivity index (χ1v) is 9.04. The molecule has 3 aromatic carbocycles. The monoisotopic (exact) mass is 369 g/mol. The van der Waals surface area contributed by atoms with Crippen molar-refractivity contribution in [1.29, 1.82) is 0 Å². The Hall–Kier alpha value is -3.73. The van der Waals surface area contributed by atoms with E-state index in [9.17, 15) is 9.59 Å². The van der Waals surface area contributed by atoms with Crippen molar-refractivity contribution in [1.82, 2.24) is 15.3 Å². The number of nitrogens with one attached hydrogen (secondary N) is 2. The highest BCUT2D eigenvalue weighted by atomic mass is 16.2. The minimum absolute atomic E-state index is 0.172. The lowest BCUT2D eigenvalue weighted by atomic mass is 9.97. The smallest absolute Gasteiger partial charge is 0.252 e. The van der Waals surface area contributed by atoms with Crippen LogP contribution in [0.25, 0.3) is 11.0 Å². The molecule has 0 bridgehead atoms. The zero-order valence-electron chi connectivity index (χ0n) is 15.4. The number of amides is 1. The number of aryl methyl sites for hydroxylation is 1. The van der Waals surface area contributed by atoms with Crippen LogP contribution in [0, 0.1) is 6.92 Å². The third-order valence-corrected chi connectivity index (χ3v) is 4.58. The Kier molecular flexibility index (Phi) is 4.72. The van der Waals surface area contributed by atoms with Gasteiger partial charge in [0.05, 0.1) is 23.1 Å². The Balaban J connectivity index is 1.54. The Morgan fingerprint density at radius 3 is 2.32 bits per heavy atom. The van der Waals surface area contributed by atoms with Crippen molar-refractivity contribution < 1.29 is 9.59 Å². The Morgan fingerprint density at radius 2 is 1.57 bits per heavy atom. The van der Waals surface area contributed by atoms with Gasteiger partial charge in [-0.1, -0.05) is 60.2 Å². The third-order valence-electron chi connectivity index (χ3n) is 4.58. The fraction of sp³-hybridized carbons (Fsp3) is 0.0870. The first kappa shape index (κ1) is 17.7. The fourth-order valence-corrected chi connectivity index (χ4v) is 3.09. The van der Waals surface area contributed by atoms with Gasteiger partial charge in [-0.2, -0.15) is 0 Å². The number of imidazole rings is 1. The number of hydrogen-bond donors (Lipinski definition) is 2. The van der Waals surface area contributed by atoms with Crippen LogP contribution in [-0.2, 0) is 6.54 Å². The Labute approximate surface area is 162 Å². The number of aromatic nitrogens is 2. The molecule has 0 radical (unpaired) electrons. The number of carbonyl (C=O) groups is 2. The zero-order chi connectivity index (χ0) is 19.5. The van der Waals surface area contributed by atoms with Crippen LogP contribution in [0.1, 0.15) is 37.7 Å². The van der Waals surface area contributed by atoms with E-state index < -0.39 is 0 Å². The topological polar surface area (TPSA) is 74.8 Å². The molecule has 0 saturated carbocycles. The van der Waals surface area contributed by atoms with E-state index in [1.165, 1.54) is 0 Å². The number of para-hydroxylation sites is 2. The van der Waals surface area contributed by atoms with Crippen LogP contribution in [0.3, 0.4) is 0 Å². The van der Waals surface area contributed by atoms with Crippen molar-refractivity contribution in [2.45, 2.75) is 13.5 Å². The SMILES string of the molecule is Cc1ccc(C(=O)c2ccccc2C(=O)NCc2nc3ccccc3[nH]2)cc1. The summed E-state index contributed by atoms with van der Waals surface area (Å²) in [7, 11) is 0. The molecule has 0 atom stereocenters. The first-order chi connectivity index (χ1) is 13.6. The lowest BCUT2D eigenvalue weighted by molar-refractivity contribution is 0.0939. The fourth-order valence-electron chi connectivity index (χ4n) is 3.09. The summed E-state index contributed by atoms with van der Waals surface area (Å²) in [5.74, 6) is 0.183. The average molecular weight is 369 g/mol. The maximum Gasteiger partial charge on any atom is 0.252 e. The number of benzene rings is 3. The van der Waals surface area contributed by atoms with Gasteiger partial charge in [-0.05, 0) is 25.1 Å². The molecule has 2 N–H and O–H groups in total. The lowest BCUT2D eigenvalue weighted by Gasteiger charge is -2.09. The van der Waals surface area contributed by atoms with Gasteiger partial charge >= 0.3 is 0 Å². The van der Waals surface area contributed by atoms with Gasteiger partial charge in [0.1, 0.15) is 5.82 Å².